The quantitative estimate of drug-likeness (QED) is 0.601. The first kappa shape index (κ1) is 11.3. The summed E-state index contributed by atoms with van der Waals surface area (Å²) in [6, 6.07) is 9.29. The maximum Gasteiger partial charge on any atom is 0.356 e. The van der Waals surface area contributed by atoms with Crippen molar-refractivity contribution in [1.82, 2.24) is 9.24 Å². The van der Waals surface area contributed by atoms with Gasteiger partial charge in [0.1, 0.15) is 0 Å². The molecule has 0 spiro atoms. The van der Waals surface area contributed by atoms with Gasteiger partial charge in [-0.1, -0.05) is 30.3 Å². The molecule has 0 saturated carbocycles. The molecule has 0 unspecified atom stereocenters. The lowest BCUT2D eigenvalue weighted by Crippen LogP contribution is -2.24. The fourth-order valence-corrected chi connectivity index (χ4v) is 1.39. The highest BCUT2D eigenvalue weighted by atomic mass is 35.5. The zero-order valence-electron chi connectivity index (χ0n) is 8.65. The van der Waals surface area contributed by atoms with Gasteiger partial charge in [0, 0.05) is 6.20 Å². The fraction of sp³-hybridized carbons (Fsp3) is 0. The Morgan fingerprint density at radius 1 is 1.24 bits per heavy atom. The summed E-state index contributed by atoms with van der Waals surface area (Å²) >= 11 is 5.20. The van der Waals surface area contributed by atoms with E-state index in [1.807, 2.05) is 30.3 Å². The smallest absolute Gasteiger partial charge is 0.254 e. The first-order valence-electron chi connectivity index (χ1n) is 4.78. The van der Waals surface area contributed by atoms with Gasteiger partial charge in [0.25, 0.3) is 0 Å². The van der Waals surface area contributed by atoms with Gasteiger partial charge in [-0.15, -0.1) is 0 Å². The van der Waals surface area contributed by atoms with Crippen molar-refractivity contribution < 1.29 is 4.79 Å². The van der Waals surface area contributed by atoms with Gasteiger partial charge < -0.3 is 0 Å². The van der Waals surface area contributed by atoms with Crippen LogP contribution in [0, 0.1) is 0 Å². The molecule has 6 heteroatoms. The first-order chi connectivity index (χ1) is 8.18. The van der Waals surface area contributed by atoms with Gasteiger partial charge in [-0.3, -0.25) is 4.79 Å². The Labute approximate surface area is 102 Å². The van der Waals surface area contributed by atoms with E-state index in [9.17, 15) is 9.59 Å². The molecule has 1 aromatic carbocycles. The molecule has 0 N–H and O–H groups in total. The topological polar surface area (TPSA) is 56.4 Å². The number of carbonyl (C=O) groups is 1. The van der Waals surface area contributed by atoms with Crippen molar-refractivity contribution in [2.45, 2.75) is 0 Å². The van der Waals surface area contributed by atoms with Crippen LogP contribution in [0.1, 0.15) is 5.56 Å². The molecular formula is C11H8ClN3O2. The fourth-order valence-electron chi connectivity index (χ4n) is 1.26. The van der Waals surface area contributed by atoms with Crippen LogP contribution in [0.15, 0.2) is 52.6 Å². The van der Waals surface area contributed by atoms with Crippen LogP contribution in [0.5, 0.6) is 0 Å². The van der Waals surface area contributed by atoms with Gasteiger partial charge in [0.2, 0.25) is 0 Å². The number of rotatable bonds is 2. The first-order valence-corrected chi connectivity index (χ1v) is 5.15. The Bertz CT molecular complexity index is 613. The highest BCUT2D eigenvalue weighted by molar-refractivity contribution is 6.63. The van der Waals surface area contributed by atoms with E-state index in [4.69, 9.17) is 11.6 Å². The molecule has 5 nitrogen and oxygen atoms in total. The van der Waals surface area contributed by atoms with Gasteiger partial charge in [-0.25, -0.2) is 9.36 Å². The van der Waals surface area contributed by atoms with E-state index in [0.717, 1.165) is 14.8 Å². The van der Waals surface area contributed by atoms with E-state index in [2.05, 4.69) is 5.10 Å². The summed E-state index contributed by atoms with van der Waals surface area (Å²) in [4.78, 5) is 22.4. The number of halogens is 1. The van der Waals surface area contributed by atoms with Gasteiger partial charge >= 0.3 is 11.1 Å². The number of aromatic nitrogens is 2. The van der Waals surface area contributed by atoms with Crippen molar-refractivity contribution >= 4 is 23.2 Å². The minimum Gasteiger partial charge on any atom is -0.254 e. The van der Waals surface area contributed by atoms with Crippen LogP contribution in [-0.4, -0.2) is 20.8 Å². The maximum absolute atomic E-state index is 11.5. The van der Waals surface area contributed by atoms with E-state index in [-0.39, 0.29) is 0 Å². The minimum atomic E-state index is -0.858. The van der Waals surface area contributed by atoms with E-state index in [1.165, 1.54) is 18.6 Å². The number of hydrogen-bond donors (Lipinski definition) is 0. The molecule has 0 radical (unpaired) electrons. The lowest BCUT2D eigenvalue weighted by molar-refractivity contribution is 0.260. The molecule has 0 bridgehead atoms. The predicted molar refractivity (Wildman–Crippen MR) is 64.8 cm³/mol. The molecule has 0 aliphatic heterocycles. The Kier molecular flexibility index (Phi) is 3.20. The number of carbonyl (C=O) groups excluding carboxylic acids is 1. The third-order valence-corrected chi connectivity index (χ3v) is 2.26. The average Bonchev–Trinajstić information content (AvgIpc) is 2.69. The van der Waals surface area contributed by atoms with Gasteiger partial charge in [0.15, 0.2) is 0 Å². The van der Waals surface area contributed by atoms with Gasteiger partial charge in [-0.2, -0.15) is 9.78 Å². The lowest BCUT2D eigenvalue weighted by Gasteiger charge is -1.92. The summed E-state index contributed by atoms with van der Waals surface area (Å²) in [5.41, 5.74) is 0.251. The van der Waals surface area contributed by atoms with Crippen molar-refractivity contribution in [2.24, 2.45) is 5.10 Å². The third-order valence-electron chi connectivity index (χ3n) is 2.08. The molecule has 0 amide bonds. The Balaban J connectivity index is 2.29. The second kappa shape index (κ2) is 4.80. The van der Waals surface area contributed by atoms with Crippen LogP contribution in [0.3, 0.4) is 0 Å². The van der Waals surface area contributed by atoms with Crippen molar-refractivity contribution in [3.05, 3.63) is 58.8 Å². The molecule has 17 heavy (non-hydrogen) atoms. The van der Waals surface area contributed by atoms with Crippen LogP contribution in [0.25, 0.3) is 0 Å². The average molecular weight is 250 g/mol. The number of benzene rings is 1. The van der Waals surface area contributed by atoms with Crippen LogP contribution in [-0.2, 0) is 0 Å². The molecule has 86 valence electrons. The zero-order valence-corrected chi connectivity index (χ0v) is 9.41. The normalized spacial score (nSPS) is 10.9. The Morgan fingerprint density at radius 3 is 2.53 bits per heavy atom. The van der Waals surface area contributed by atoms with Crippen LogP contribution in [0.2, 0.25) is 0 Å². The standard InChI is InChI=1S/C11H8ClN3O2/c12-10(16)14-6-7-15(11(14)17)13-8-9-4-2-1-3-5-9/h1-8H. The van der Waals surface area contributed by atoms with Crippen LogP contribution in [0.4, 0.5) is 4.79 Å². The molecule has 1 heterocycles. The predicted octanol–water partition coefficient (Wildman–Crippen LogP) is 1.74. The number of nitrogens with zero attached hydrogens (tertiary/aromatic N) is 3. The lowest BCUT2D eigenvalue weighted by atomic mass is 10.2. The van der Waals surface area contributed by atoms with Crippen molar-refractivity contribution in [1.29, 1.82) is 0 Å². The zero-order chi connectivity index (χ0) is 12.3. The van der Waals surface area contributed by atoms with E-state index in [1.54, 1.807) is 0 Å². The summed E-state index contributed by atoms with van der Waals surface area (Å²) in [6.07, 6.45) is 4.15. The highest BCUT2D eigenvalue weighted by Crippen LogP contribution is 1.95. The third kappa shape index (κ3) is 2.51. The van der Waals surface area contributed by atoms with E-state index >= 15 is 0 Å². The molecule has 0 saturated heterocycles. The van der Waals surface area contributed by atoms with Crippen molar-refractivity contribution in [2.75, 3.05) is 0 Å². The minimum absolute atomic E-state index is 0.600. The Morgan fingerprint density at radius 2 is 1.94 bits per heavy atom. The van der Waals surface area contributed by atoms with Crippen molar-refractivity contribution in [3.8, 4) is 0 Å². The second-order valence-electron chi connectivity index (χ2n) is 3.20. The highest BCUT2D eigenvalue weighted by Gasteiger charge is 2.06. The van der Waals surface area contributed by atoms with Crippen LogP contribution >= 0.6 is 11.6 Å². The molecule has 0 atom stereocenters. The van der Waals surface area contributed by atoms with E-state index in [0.29, 0.717) is 0 Å². The molecule has 0 fully saturated rings. The van der Waals surface area contributed by atoms with Crippen LogP contribution < -0.4 is 5.69 Å². The summed E-state index contributed by atoms with van der Waals surface area (Å²) in [5.74, 6) is 0. The summed E-state index contributed by atoms with van der Waals surface area (Å²) < 4.78 is 1.80. The molecule has 0 aliphatic carbocycles. The van der Waals surface area contributed by atoms with E-state index < -0.39 is 11.1 Å². The monoisotopic (exact) mass is 249 g/mol. The SMILES string of the molecule is O=C(Cl)n1ccn(N=Cc2ccccc2)c1=O. The summed E-state index contributed by atoms with van der Waals surface area (Å²) in [5, 5.41) is 3.07. The summed E-state index contributed by atoms with van der Waals surface area (Å²) in [7, 11) is 0. The molecular weight excluding hydrogens is 242 g/mol. The largest absolute Gasteiger partial charge is 0.356 e. The summed E-state index contributed by atoms with van der Waals surface area (Å²) in [6.45, 7) is 0. The number of hydrogen-bond acceptors (Lipinski definition) is 3. The molecule has 1 aromatic heterocycles. The van der Waals surface area contributed by atoms with Gasteiger partial charge in [-0.05, 0) is 17.2 Å². The second-order valence-corrected chi connectivity index (χ2v) is 3.53. The number of imidazole rings is 1. The Hall–Kier alpha value is -2.14. The molecule has 0 aliphatic rings. The van der Waals surface area contributed by atoms with Gasteiger partial charge in [0.05, 0.1) is 12.4 Å². The maximum atomic E-state index is 11.5. The molecule has 2 rings (SSSR count). The van der Waals surface area contributed by atoms with Crippen molar-refractivity contribution in [3.63, 3.8) is 0 Å². The molecule has 2 aromatic rings.